The van der Waals surface area contributed by atoms with Gasteiger partial charge in [-0.05, 0) is 49.1 Å². The number of nitrogen functional groups attached to an aromatic ring is 1. The quantitative estimate of drug-likeness (QED) is 0.558. The van der Waals surface area contributed by atoms with E-state index in [-0.39, 0.29) is 23.6 Å². The summed E-state index contributed by atoms with van der Waals surface area (Å²) >= 11 is 0. The second-order valence-corrected chi connectivity index (χ2v) is 6.95. The molecule has 0 bridgehead atoms. The molecule has 2 aliphatic heterocycles. The van der Waals surface area contributed by atoms with Crippen molar-refractivity contribution in [1.82, 2.24) is 5.32 Å². The zero-order chi connectivity index (χ0) is 18.1. The molecule has 1 amide bonds. The lowest BCUT2D eigenvalue weighted by atomic mass is 9.92. The van der Waals surface area contributed by atoms with Gasteiger partial charge in [0.05, 0.1) is 12.5 Å². The highest BCUT2D eigenvalue weighted by molar-refractivity contribution is 5.95. The third kappa shape index (κ3) is 3.07. The van der Waals surface area contributed by atoms with Crippen molar-refractivity contribution in [3.8, 4) is 5.75 Å². The largest absolute Gasteiger partial charge is 0.493 e. The Morgan fingerprint density at radius 3 is 3.04 bits per heavy atom. The zero-order valence-electron chi connectivity index (χ0n) is 14.6. The van der Waals surface area contributed by atoms with Gasteiger partial charge in [-0.1, -0.05) is 6.08 Å². The van der Waals surface area contributed by atoms with Crippen molar-refractivity contribution in [3.63, 3.8) is 0 Å². The van der Waals surface area contributed by atoms with E-state index in [1.54, 1.807) is 6.07 Å². The summed E-state index contributed by atoms with van der Waals surface area (Å²) in [5.41, 5.74) is 8.48. The first-order valence-electron chi connectivity index (χ1n) is 9.04. The number of ether oxygens (including phenoxy) is 2. The average Bonchev–Trinajstić information content (AvgIpc) is 3.25. The molecule has 1 aromatic rings. The molecular weight excluding hydrogens is 330 g/mol. The molecule has 2 heterocycles. The second-order valence-electron chi connectivity index (χ2n) is 6.95. The molecule has 6 nitrogen and oxygen atoms in total. The van der Waals surface area contributed by atoms with Crippen molar-refractivity contribution in [2.24, 2.45) is 11.7 Å². The van der Waals surface area contributed by atoms with Gasteiger partial charge in [-0.25, -0.2) is 0 Å². The Labute approximate surface area is 152 Å². The van der Waals surface area contributed by atoms with Crippen LogP contribution in [0.1, 0.15) is 36.3 Å². The third-order valence-corrected chi connectivity index (χ3v) is 5.30. The van der Waals surface area contributed by atoms with E-state index < -0.39 is 0 Å². The summed E-state index contributed by atoms with van der Waals surface area (Å²) in [5, 5.41) is 10.6. The van der Waals surface area contributed by atoms with Crippen LogP contribution in [0.3, 0.4) is 0 Å². The molecule has 0 saturated carbocycles. The molecule has 6 heteroatoms. The fraction of sp³-hybridized carbons (Fsp3) is 0.400. The first-order valence-corrected chi connectivity index (χ1v) is 9.04. The fourth-order valence-corrected chi connectivity index (χ4v) is 3.83. The number of carbonyl (C=O) groups is 1. The van der Waals surface area contributed by atoms with Crippen LogP contribution in [0.25, 0.3) is 0 Å². The maximum absolute atomic E-state index is 12.5. The Morgan fingerprint density at radius 2 is 2.19 bits per heavy atom. The number of allylic oxidation sites excluding steroid dienone is 2. The lowest BCUT2D eigenvalue weighted by molar-refractivity contribution is -0.124. The second kappa shape index (κ2) is 6.86. The molecule has 0 radical (unpaired) electrons. The van der Waals surface area contributed by atoms with Gasteiger partial charge in [0.25, 0.3) is 0 Å². The summed E-state index contributed by atoms with van der Waals surface area (Å²) in [6.07, 6.45) is 6.74. The molecule has 2 atom stereocenters. The molecule has 4 rings (SSSR count). The average molecular weight is 353 g/mol. The maximum Gasteiger partial charge on any atom is 0.230 e. The normalized spacial score (nSPS) is 23.1. The van der Waals surface area contributed by atoms with Gasteiger partial charge in [-0.3, -0.25) is 10.2 Å². The number of amidine groups is 1. The highest BCUT2D eigenvalue weighted by Crippen LogP contribution is 2.36. The van der Waals surface area contributed by atoms with Gasteiger partial charge >= 0.3 is 0 Å². The van der Waals surface area contributed by atoms with Crippen LogP contribution in [0, 0.1) is 11.3 Å². The predicted molar refractivity (Wildman–Crippen MR) is 98.2 cm³/mol. The minimum atomic E-state index is -0.161. The minimum absolute atomic E-state index is 0.0434. The van der Waals surface area contributed by atoms with Gasteiger partial charge in [0.15, 0.2) is 0 Å². The fourth-order valence-electron chi connectivity index (χ4n) is 3.83. The van der Waals surface area contributed by atoms with Crippen LogP contribution >= 0.6 is 0 Å². The van der Waals surface area contributed by atoms with Gasteiger partial charge in [0.1, 0.15) is 24.0 Å². The summed E-state index contributed by atoms with van der Waals surface area (Å²) in [6.45, 7) is 1.63. The molecule has 26 heavy (non-hydrogen) atoms. The summed E-state index contributed by atoms with van der Waals surface area (Å²) in [5.74, 6) is 1.87. The van der Waals surface area contributed by atoms with Crippen LogP contribution in [0.2, 0.25) is 0 Å². The van der Waals surface area contributed by atoms with Gasteiger partial charge in [0, 0.05) is 23.6 Å². The molecule has 1 aliphatic carbocycles. The van der Waals surface area contributed by atoms with Crippen molar-refractivity contribution in [2.45, 2.75) is 25.2 Å². The van der Waals surface area contributed by atoms with E-state index in [2.05, 4.69) is 11.4 Å². The highest BCUT2D eigenvalue weighted by atomic mass is 16.5. The lowest BCUT2D eigenvalue weighted by Gasteiger charge is -2.15. The maximum atomic E-state index is 12.5. The van der Waals surface area contributed by atoms with E-state index in [9.17, 15) is 4.79 Å². The number of amides is 1. The molecular formula is C20H23N3O3. The Hall–Kier alpha value is -2.76. The van der Waals surface area contributed by atoms with Gasteiger partial charge in [0.2, 0.25) is 5.91 Å². The highest BCUT2D eigenvalue weighted by Gasteiger charge is 2.33. The molecule has 4 N–H and O–H groups in total. The van der Waals surface area contributed by atoms with Gasteiger partial charge < -0.3 is 20.5 Å². The van der Waals surface area contributed by atoms with Crippen LogP contribution in [0.15, 0.2) is 41.7 Å². The molecule has 3 aliphatic rings. The first-order chi connectivity index (χ1) is 12.6. The number of carbonyl (C=O) groups excluding carboxylic acids is 1. The van der Waals surface area contributed by atoms with Crippen LogP contribution in [-0.2, 0) is 9.53 Å². The van der Waals surface area contributed by atoms with E-state index >= 15 is 0 Å². The number of hydrogen-bond acceptors (Lipinski definition) is 4. The van der Waals surface area contributed by atoms with Crippen molar-refractivity contribution < 1.29 is 14.3 Å². The lowest BCUT2D eigenvalue weighted by Crippen LogP contribution is -2.33. The monoisotopic (exact) mass is 353 g/mol. The summed E-state index contributed by atoms with van der Waals surface area (Å²) in [7, 11) is 0. The number of hydrogen-bond donors (Lipinski definition) is 3. The Balaban J connectivity index is 1.34. The molecule has 0 spiro atoms. The summed E-state index contributed by atoms with van der Waals surface area (Å²) in [6, 6.07) is 5.59. The van der Waals surface area contributed by atoms with Crippen molar-refractivity contribution in [3.05, 3.63) is 52.8 Å². The van der Waals surface area contributed by atoms with E-state index in [1.807, 2.05) is 18.2 Å². The Kier molecular flexibility index (Phi) is 4.41. The number of fused-ring (bicyclic) bond motifs is 1. The molecule has 0 aromatic heterocycles. The summed E-state index contributed by atoms with van der Waals surface area (Å²) < 4.78 is 11.3. The number of rotatable bonds is 5. The topological polar surface area (TPSA) is 97.4 Å². The standard InChI is InChI=1S/C20H23N3O3/c21-19(22)12-5-6-18-15(9-12)13(10-25-18)7-8-23-20(24)16-11-26-17-4-2-1-3-14(16)17/h2,4-6,9,13,16H,1,3,7-8,10-11H2,(H3,21,22)(H,23,24). The predicted octanol–water partition coefficient (Wildman–Crippen LogP) is 2.20. The minimum Gasteiger partial charge on any atom is -0.493 e. The van der Waals surface area contributed by atoms with E-state index in [0.717, 1.165) is 41.9 Å². The van der Waals surface area contributed by atoms with Crippen molar-refractivity contribution in [1.29, 1.82) is 5.41 Å². The van der Waals surface area contributed by atoms with Crippen LogP contribution in [0.4, 0.5) is 0 Å². The van der Waals surface area contributed by atoms with Gasteiger partial charge in [-0.2, -0.15) is 0 Å². The van der Waals surface area contributed by atoms with E-state index in [1.165, 1.54) is 0 Å². The first kappa shape index (κ1) is 16.7. The Bertz CT molecular complexity index is 813. The van der Waals surface area contributed by atoms with Gasteiger partial charge in [-0.15, -0.1) is 0 Å². The van der Waals surface area contributed by atoms with Crippen molar-refractivity contribution >= 4 is 11.7 Å². The smallest absolute Gasteiger partial charge is 0.230 e. The zero-order valence-corrected chi connectivity index (χ0v) is 14.6. The van der Waals surface area contributed by atoms with E-state index in [4.69, 9.17) is 20.6 Å². The number of nitrogens with two attached hydrogens (primary N) is 1. The van der Waals surface area contributed by atoms with Crippen molar-refractivity contribution in [2.75, 3.05) is 19.8 Å². The summed E-state index contributed by atoms with van der Waals surface area (Å²) in [4.78, 5) is 12.5. The SMILES string of the molecule is N=C(N)c1ccc2c(c1)C(CCNC(=O)C1COC3=C1CCC=C3)CO2. The molecule has 136 valence electrons. The third-order valence-electron chi connectivity index (χ3n) is 5.30. The molecule has 2 unspecified atom stereocenters. The molecule has 0 saturated heterocycles. The van der Waals surface area contributed by atoms with Crippen LogP contribution in [-0.4, -0.2) is 31.5 Å². The van der Waals surface area contributed by atoms with E-state index in [0.29, 0.717) is 25.3 Å². The number of nitrogens with one attached hydrogen (secondary N) is 2. The number of benzene rings is 1. The molecule has 0 fully saturated rings. The molecule has 1 aromatic carbocycles. The van der Waals surface area contributed by atoms with Crippen LogP contribution < -0.4 is 15.8 Å². The van der Waals surface area contributed by atoms with Crippen LogP contribution in [0.5, 0.6) is 5.75 Å². The Morgan fingerprint density at radius 1 is 1.31 bits per heavy atom.